The molecule has 0 bridgehead atoms. The zero-order chi connectivity index (χ0) is 8.10. The smallest absolute Gasteiger partial charge is 0.131 e. The van der Waals surface area contributed by atoms with Gasteiger partial charge in [0.2, 0.25) is 0 Å². The summed E-state index contributed by atoms with van der Waals surface area (Å²) in [6.45, 7) is 1.60. The van der Waals surface area contributed by atoms with Crippen LogP contribution in [0.15, 0.2) is 18.6 Å². The molecule has 0 fully saturated rings. The molecule has 11 heavy (non-hydrogen) atoms. The molecule has 0 saturated heterocycles. The van der Waals surface area contributed by atoms with Crippen molar-refractivity contribution in [3.8, 4) is 11.8 Å². The van der Waals surface area contributed by atoms with Gasteiger partial charge in [0.1, 0.15) is 11.8 Å². The Morgan fingerprint density at radius 3 is 2.91 bits per heavy atom. The maximum Gasteiger partial charge on any atom is 0.131 e. The summed E-state index contributed by atoms with van der Waals surface area (Å²) in [6, 6.07) is 0. The minimum Gasteiger partial charge on any atom is -0.381 e. The first-order valence-electron chi connectivity index (χ1n) is 3.24. The van der Waals surface area contributed by atoms with Crippen LogP contribution in [0, 0.1) is 11.8 Å². The number of hydrogen-bond donors (Lipinski definition) is 1. The van der Waals surface area contributed by atoms with E-state index in [9.17, 15) is 0 Å². The zero-order valence-corrected chi connectivity index (χ0v) is 6.15. The molecule has 0 radical (unpaired) electrons. The van der Waals surface area contributed by atoms with Gasteiger partial charge in [0, 0.05) is 12.4 Å². The van der Waals surface area contributed by atoms with Gasteiger partial charge in [0.05, 0.1) is 6.20 Å². The van der Waals surface area contributed by atoms with Gasteiger partial charge in [-0.25, -0.2) is 4.98 Å². The van der Waals surface area contributed by atoms with Crippen LogP contribution in [0.25, 0.3) is 0 Å². The third kappa shape index (κ3) is 2.78. The summed E-state index contributed by atoms with van der Waals surface area (Å²) in [6.07, 6.45) is 4.08. The number of rotatable bonds is 0. The highest BCUT2D eigenvalue weighted by Gasteiger charge is 1.86. The third-order valence-electron chi connectivity index (χ3n) is 0.972. The Hall–Kier alpha value is -1.40. The largest absolute Gasteiger partial charge is 0.381 e. The second kappa shape index (κ2) is 3.69. The molecule has 1 heterocycles. The van der Waals surface area contributed by atoms with Gasteiger partial charge in [0.15, 0.2) is 0 Å². The Balaban J connectivity index is 2.75. The molecular weight excluding hydrogens is 140 g/mol. The Labute approximate surface area is 65.1 Å². The van der Waals surface area contributed by atoms with Crippen LogP contribution in [0.2, 0.25) is 0 Å². The molecule has 0 saturated carbocycles. The molecule has 1 rings (SSSR count). The van der Waals surface area contributed by atoms with Gasteiger partial charge >= 0.3 is 0 Å². The van der Waals surface area contributed by atoms with Crippen molar-refractivity contribution in [1.29, 1.82) is 0 Å². The number of aliphatic hydroxyl groups is 1. The van der Waals surface area contributed by atoms with E-state index in [4.69, 9.17) is 5.11 Å². The minimum atomic E-state index is -0.614. The third-order valence-corrected chi connectivity index (χ3v) is 0.972. The van der Waals surface area contributed by atoms with Gasteiger partial charge in [-0.3, -0.25) is 4.98 Å². The molecule has 1 N–H and O–H groups in total. The Kier molecular flexibility index (Phi) is 2.59. The van der Waals surface area contributed by atoms with Crippen molar-refractivity contribution >= 4 is 0 Å². The summed E-state index contributed by atoms with van der Waals surface area (Å²) in [5.74, 6) is 5.24. The highest BCUT2D eigenvalue weighted by Crippen LogP contribution is 1.85. The van der Waals surface area contributed by atoms with Gasteiger partial charge in [-0.1, -0.05) is 5.92 Å². The highest BCUT2D eigenvalue weighted by atomic mass is 16.3. The van der Waals surface area contributed by atoms with Crippen LogP contribution in [0.4, 0.5) is 0 Å². The Morgan fingerprint density at radius 1 is 1.55 bits per heavy atom. The number of nitrogens with zero attached hydrogens (tertiary/aromatic N) is 2. The lowest BCUT2D eigenvalue weighted by atomic mass is 10.3. The first-order valence-corrected chi connectivity index (χ1v) is 3.24. The maximum atomic E-state index is 8.79. The zero-order valence-electron chi connectivity index (χ0n) is 6.15. The van der Waals surface area contributed by atoms with E-state index in [2.05, 4.69) is 21.8 Å². The van der Waals surface area contributed by atoms with Crippen molar-refractivity contribution in [1.82, 2.24) is 9.97 Å². The summed E-state index contributed by atoms with van der Waals surface area (Å²) in [4.78, 5) is 7.72. The molecular formula is C8H8N2O. The van der Waals surface area contributed by atoms with Gasteiger partial charge in [-0.15, -0.1) is 0 Å². The second-order valence-corrected chi connectivity index (χ2v) is 2.04. The average Bonchev–Trinajstić information content (AvgIpc) is 2.03. The van der Waals surface area contributed by atoms with Crippen molar-refractivity contribution in [3.63, 3.8) is 0 Å². The van der Waals surface area contributed by atoms with Gasteiger partial charge in [-0.2, -0.15) is 0 Å². The fraction of sp³-hybridized carbons (Fsp3) is 0.250. The average molecular weight is 148 g/mol. The summed E-state index contributed by atoms with van der Waals surface area (Å²) < 4.78 is 0. The number of hydrogen-bond acceptors (Lipinski definition) is 3. The first-order chi connectivity index (χ1) is 5.29. The first kappa shape index (κ1) is 7.70. The van der Waals surface area contributed by atoms with E-state index < -0.39 is 6.10 Å². The van der Waals surface area contributed by atoms with Crippen molar-refractivity contribution in [2.75, 3.05) is 0 Å². The van der Waals surface area contributed by atoms with Crippen molar-refractivity contribution in [2.24, 2.45) is 0 Å². The fourth-order valence-corrected chi connectivity index (χ4v) is 0.542. The standard InChI is InChI=1S/C8H8N2O/c1-7(11)2-3-8-6-9-4-5-10-8/h4-7,11H,1H3. The van der Waals surface area contributed by atoms with Crippen LogP contribution in [-0.4, -0.2) is 21.2 Å². The molecule has 56 valence electrons. The van der Waals surface area contributed by atoms with E-state index in [0.717, 1.165) is 0 Å². The van der Waals surface area contributed by atoms with Crippen LogP contribution >= 0.6 is 0 Å². The molecule has 0 aliphatic rings. The molecule has 1 aromatic heterocycles. The van der Waals surface area contributed by atoms with E-state index in [1.807, 2.05) is 0 Å². The molecule has 1 unspecified atom stereocenters. The summed E-state index contributed by atoms with van der Waals surface area (Å²) in [5, 5.41) is 8.79. The predicted molar refractivity (Wildman–Crippen MR) is 40.6 cm³/mol. The van der Waals surface area contributed by atoms with Crippen LogP contribution in [0.3, 0.4) is 0 Å². The monoisotopic (exact) mass is 148 g/mol. The molecule has 0 aliphatic carbocycles. The molecule has 0 aliphatic heterocycles. The lowest BCUT2D eigenvalue weighted by Crippen LogP contribution is -1.93. The van der Waals surface area contributed by atoms with E-state index in [1.165, 1.54) is 0 Å². The molecule has 1 aromatic rings. The van der Waals surface area contributed by atoms with Crippen molar-refractivity contribution < 1.29 is 5.11 Å². The minimum absolute atomic E-state index is 0.577. The normalized spacial score (nSPS) is 11.5. The molecule has 3 nitrogen and oxygen atoms in total. The van der Waals surface area contributed by atoms with Crippen molar-refractivity contribution in [2.45, 2.75) is 13.0 Å². The lowest BCUT2D eigenvalue weighted by molar-refractivity contribution is 0.253. The summed E-state index contributed by atoms with van der Waals surface area (Å²) in [7, 11) is 0. The molecule has 0 spiro atoms. The number of aliphatic hydroxyl groups excluding tert-OH is 1. The van der Waals surface area contributed by atoms with Crippen LogP contribution < -0.4 is 0 Å². The summed E-state index contributed by atoms with van der Waals surface area (Å²) in [5.41, 5.74) is 0.577. The lowest BCUT2D eigenvalue weighted by Gasteiger charge is -1.87. The Bertz CT molecular complexity index is 271. The van der Waals surface area contributed by atoms with Crippen LogP contribution in [0.5, 0.6) is 0 Å². The summed E-state index contributed by atoms with van der Waals surface area (Å²) >= 11 is 0. The van der Waals surface area contributed by atoms with Crippen LogP contribution in [0.1, 0.15) is 12.6 Å². The van der Waals surface area contributed by atoms with E-state index >= 15 is 0 Å². The van der Waals surface area contributed by atoms with Gasteiger partial charge in [-0.05, 0) is 12.8 Å². The van der Waals surface area contributed by atoms with E-state index in [0.29, 0.717) is 5.69 Å². The van der Waals surface area contributed by atoms with Crippen LogP contribution in [-0.2, 0) is 0 Å². The van der Waals surface area contributed by atoms with Gasteiger partial charge in [0.25, 0.3) is 0 Å². The SMILES string of the molecule is CC(O)C#Cc1cnccn1. The second-order valence-electron chi connectivity index (χ2n) is 2.04. The van der Waals surface area contributed by atoms with E-state index in [-0.39, 0.29) is 0 Å². The number of aromatic nitrogens is 2. The predicted octanol–water partition coefficient (Wildman–Crippen LogP) is 0.209. The van der Waals surface area contributed by atoms with E-state index in [1.54, 1.807) is 25.5 Å². The Morgan fingerprint density at radius 2 is 2.36 bits per heavy atom. The molecule has 0 amide bonds. The van der Waals surface area contributed by atoms with Crippen molar-refractivity contribution in [3.05, 3.63) is 24.3 Å². The molecule has 0 aromatic carbocycles. The molecule has 1 atom stereocenters. The quantitative estimate of drug-likeness (QED) is 0.535. The fourth-order valence-electron chi connectivity index (χ4n) is 0.542. The molecule has 3 heteroatoms. The topological polar surface area (TPSA) is 46.0 Å². The maximum absolute atomic E-state index is 8.79. The highest BCUT2D eigenvalue weighted by molar-refractivity contribution is 5.25. The van der Waals surface area contributed by atoms with Gasteiger partial charge < -0.3 is 5.11 Å².